The standard InChI is InChI=1S/C22H19N3O3S/c1-3-28-18-7-5-4-6-16(18)14-19-21(26)25-22(29-19)23-20(24-25)13-10-15-8-11-17(27-2)12-9-15/h4-14H,3H2,1-2H3/b13-10+,19-14-. The molecule has 0 fully saturated rings. The Hall–Kier alpha value is -3.45. The highest BCUT2D eigenvalue weighted by Crippen LogP contribution is 2.19. The van der Waals surface area contributed by atoms with Crippen molar-refractivity contribution < 1.29 is 9.47 Å². The zero-order chi connectivity index (χ0) is 20.2. The monoisotopic (exact) mass is 405 g/mol. The molecule has 2 aromatic heterocycles. The molecule has 0 radical (unpaired) electrons. The molecule has 6 nitrogen and oxygen atoms in total. The van der Waals surface area contributed by atoms with Gasteiger partial charge < -0.3 is 9.47 Å². The molecule has 0 saturated heterocycles. The summed E-state index contributed by atoms with van der Waals surface area (Å²) < 4.78 is 12.7. The maximum atomic E-state index is 12.7. The molecule has 0 bridgehead atoms. The summed E-state index contributed by atoms with van der Waals surface area (Å²) in [5, 5.41) is 4.32. The first kappa shape index (κ1) is 18.9. The van der Waals surface area contributed by atoms with Gasteiger partial charge in [-0.1, -0.05) is 47.7 Å². The summed E-state index contributed by atoms with van der Waals surface area (Å²) in [4.78, 5) is 17.7. The Labute approximate surface area is 171 Å². The molecule has 2 heterocycles. The third-order valence-electron chi connectivity index (χ3n) is 4.24. The van der Waals surface area contributed by atoms with E-state index in [1.165, 1.54) is 15.9 Å². The van der Waals surface area contributed by atoms with Crippen LogP contribution in [0.5, 0.6) is 11.5 Å². The molecule has 0 atom stereocenters. The number of aromatic nitrogens is 3. The van der Waals surface area contributed by atoms with Crippen LogP contribution < -0.4 is 19.6 Å². The van der Waals surface area contributed by atoms with Crippen LogP contribution in [-0.2, 0) is 0 Å². The minimum atomic E-state index is -0.187. The first-order valence-corrected chi connectivity index (χ1v) is 9.95. The number of ether oxygens (including phenoxy) is 2. The summed E-state index contributed by atoms with van der Waals surface area (Å²) >= 11 is 1.31. The highest BCUT2D eigenvalue weighted by Gasteiger charge is 2.09. The first-order valence-electron chi connectivity index (χ1n) is 9.13. The normalized spacial score (nSPS) is 12.1. The van der Waals surface area contributed by atoms with E-state index in [1.807, 2.05) is 67.6 Å². The van der Waals surface area contributed by atoms with Gasteiger partial charge in [-0.25, -0.2) is 0 Å². The van der Waals surface area contributed by atoms with Crippen molar-refractivity contribution in [1.29, 1.82) is 0 Å². The van der Waals surface area contributed by atoms with Gasteiger partial charge in [0, 0.05) is 5.56 Å². The molecule has 0 saturated carbocycles. The van der Waals surface area contributed by atoms with Gasteiger partial charge in [0.15, 0.2) is 5.82 Å². The molecule has 0 N–H and O–H groups in total. The quantitative estimate of drug-likeness (QED) is 0.493. The lowest BCUT2D eigenvalue weighted by molar-refractivity contribution is 0.339. The van der Waals surface area contributed by atoms with Crippen LogP contribution in [0.25, 0.3) is 23.2 Å². The topological polar surface area (TPSA) is 65.7 Å². The van der Waals surface area contributed by atoms with E-state index < -0.39 is 0 Å². The van der Waals surface area contributed by atoms with E-state index in [0.717, 1.165) is 22.6 Å². The second kappa shape index (κ2) is 8.28. The summed E-state index contributed by atoms with van der Waals surface area (Å²) in [7, 11) is 1.63. The van der Waals surface area contributed by atoms with Crippen LogP contribution in [0.15, 0.2) is 53.3 Å². The summed E-state index contributed by atoms with van der Waals surface area (Å²) in [5.74, 6) is 2.04. The molecule has 0 aliphatic carbocycles. The minimum Gasteiger partial charge on any atom is -0.497 e. The Morgan fingerprint density at radius 2 is 1.90 bits per heavy atom. The third-order valence-corrected chi connectivity index (χ3v) is 5.20. The van der Waals surface area contributed by atoms with E-state index in [4.69, 9.17) is 9.47 Å². The molecule has 0 unspecified atom stereocenters. The summed E-state index contributed by atoms with van der Waals surface area (Å²) in [6, 6.07) is 15.3. The van der Waals surface area contributed by atoms with Gasteiger partial charge in [0.1, 0.15) is 11.5 Å². The fourth-order valence-corrected chi connectivity index (χ4v) is 3.74. The molecule has 4 rings (SSSR count). The Balaban J connectivity index is 1.64. The molecular formula is C22H19N3O3S. The highest BCUT2D eigenvalue weighted by molar-refractivity contribution is 7.15. The lowest BCUT2D eigenvalue weighted by Crippen LogP contribution is -2.23. The Bertz CT molecular complexity index is 1270. The first-order chi connectivity index (χ1) is 14.2. The Kier molecular flexibility index (Phi) is 5.39. The smallest absolute Gasteiger partial charge is 0.291 e. The van der Waals surface area contributed by atoms with Crippen molar-refractivity contribution in [2.75, 3.05) is 13.7 Å². The van der Waals surface area contributed by atoms with E-state index in [0.29, 0.717) is 21.9 Å². The molecule has 0 spiro atoms. The lowest BCUT2D eigenvalue weighted by Gasteiger charge is -2.05. The molecule has 146 valence electrons. The van der Waals surface area contributed by atoms with Gasteiger partial charge >= 0.3 is 0 Å². The van der Waals surface area contributed by atoms with E-state index in [-0.39, 0.29) is 5.56 Å². The van der Waals surface area contributed by atoms with Crippen molar-refractivity contribution in [3.05, 3.63) is 80.4 Å². The molecule has 2 aromatic carbocycles. The average Bonchev–Trinajstić information content (AvgIpc) is 3.27. The average molecular weight is 405 g/mol. The molecule has 7 heteroatoms. The van der Waals surface area contributed by atoms with Crippen molar-refractivity contribution in [3.63, 3.8) is 0 Å². The molecular weight excluding hydrogens is 386 g/mol. The van der Waals surface area contributed by atoms with E-state index in [2.05, 4.69) is 10.1 Å². The number of benzene rings is 2. The van der Waals surface area contributed by atoms with Gasteiger partial charge in [0.05, 0.1) is 18.2 Å². The van der Waals surface area contributed by atoms with Crippen molar-refractivity contribution >= 4 is 34.5 Å². The third kappa shape index (κ3) is 4.05. The van der Waals surface area contributed by atoms with Crippen molar-refractivity contribution in [3.8, 4) is 11.5 Å². The number of thiazole rings is 1. The molecule has 0 aliphatic heterocycles. The molecule has 0 amide bonds. The van der Waals surface area contributed by atoms with E-state index in [1.54, 1.807) is 13.2 Å². The number of fused-ring (bicyclic) bond motifs is 1. The zero-order valence-corrected chi connectivity index (χ0v) is 16.8. The predicted molar refractivity (Wildman–Crippen MR) is 115 cm³/mol. The lowest BCUT2D eigenvalue weighted by atomic mass is 10.2. The number of para-hydroxylation sites is 1. The molecule has 0 aliphatic rings. The van der Waals surface area contributed by atoms with Gasteiger partial charge in [-0.3, -0.25) is 4.79 Å². The van der Waals surface area contributed by atoms with Crippen LogP contribution in [0.2, 0.25) is 0 Å². The van der Waals surface area contributed by atoms with Crippen LogP contribution in [-0.4, -0.2) is 28.3 Å². The van der Waals surface area contributed by atoms with Crippen LogP contribution in [0.1, 0.15) is 23.9 Å². The summed E-state index contributed by atoms with van der Waals surface area (Å²) in [5.41, 5.74) is 1.66. The molecule has 29 heavy (non-hydrogen) atoms. The Morgan fingerprint density at radius 3 is 2.62 bits per heavy atom. The zero-order valence-electron chi connectivity index (χ0n) is 16.0. The number of hydrogen-bond acceptors (Lipinski definition) is 6. The fraction of sp³-hybridized carbons (Fsp3) is 0.136. The summed E-state index contributed by atoms with van der Waals surface area (Å²) in [6.07, 6.45) is 5.50. The fourth-order valence-electron chi connectivity index (χ4n) is 2.83. The predicted octanol–water partition coefficient (Wildman–Crippen LogP) is 3.28. The largest absolute Gasteiger partial charge is 0.497 e. The van der Waals surface area contributed by atoms with Gasteiger partial charge in [-0.2, -0.15) is 9.50 Å². The van der Waals surface area contributed by atoms with Crippen LogP contribution in [0.4, 0.5) is 0 Å². The van der Waals surface area contributed by atoms with Crippen LogP contribution in [0.3, 0.4) is 0 Å². The number of nitrogens with zero attached hydrogens (tertiary/aromatic N) is 3. The molecule has 4 aromatic rings. The maximum Gasteiger partial charge on any atom is 0.291 e. The van der Waals surface area contributed by atoms with Crippen molar-refractivity contribution in [2.24, 2.45) is 0 Å². The van der Waals surface area contributed by atoms with Crippen LogP contribution in [0, 0.1) is 0 Å². The SMILES string of the molecule is CCOc1ccccc1/C=c1\sc2nc(/C=C/c3ccc(OC)cc3)nn2c1=O. The van der Waals surface area contributed by atoms with Gasteiger partial charge in [-0.15, -0.1) is 5.10 Å². The van der Waals surface area contributed by atoms with Gasteiger partial charge in [-0.05, 0) is 42.8 Å². The van der Waals surface area contributed by atoms with Crippen molar-refractivity contribution in [1.82, 2.24) is 14.6 Å². The van der Waals surface area contributed by atoms with E-state index >= 15 is 0 Å². The van der Waals surface area contributed by atoms with Gasteiger partial charge in [0.25, 0.3) is 5.56 Å². The maximum absolute atomic E-state index is 12.7. The summed E-state index contributed by atoms with van der Waals surface area (Å²) in [6.45, 7) is 2.49. The number of methoxy groups -OCH3 is 1. The van der Waals surface area contributed by atoms with E-state index in [9.17, 15) is 4.79 Å². The van der Waals surface area contributed by atoms with Gasteiger partial charge in [0.2, 0.25) is 4.96 Å². The van der Waals surface area contributed by atoms with Crippen LogP contribution >= 0.6 is 11.3 Å². The van der Waals surface area contributed by atoms with Crippen molar-refractivity contribution in [2.45, 2.75) is 6.92 Å². The second-order valence-electron chi connectivity index (χ2n) is 6.16. The Morgan fingerprint density at radius 1 is 1.10 bits per heavy atom. The second-order valence-corrected chi connectivity index (χ2v) is 7.17. The highest BCUT2D eigenvalue weighted by atomic mass is 32.1. The minimum absolute atomic E-state index is 0.187. The number of hydrogen-bond donors (Lipinski definition) is 0. The number of rotatable bonds is 6.